The molecule has 72 valence electrons. The fourth-order valence-electron chi connectivity index (χ4n) is 0.600. The second-order valence-corrected chi connectivity index (χ2v) is 5.65. The summed E-state index contributed by atoms with van der Waals surface area (Å²) in [5.41, 5.74) is 7.02. The second kappa shape index (κ2) is 8.78. The average Bonchev–Trinajstić information content (AvgIpc) is 1.98. The molecule has 0 heterocycles. The van der Waals surface area contributed by atoms with Crippen molar-refractivity contribution < 1.29 is 64.6 Å². The van der Waals surface area contributed by atoms with Gasteiger partial charge in [-0.1, -0.05) is 0 Å². The predicted octanol–water partition coefficient (Wildman–Crippen LogP) is 1.35. The molecule has 1 amide bonds. The van der Waals surface area contributed by atoms with Crippen LogP contribution in [0.5, 0.6) is 0 Å². The summed E-state index contributed by atoms with van der Waals surface area (Å²) in [4.78, 5) is 10.8. The number of carbonyl (C=O) groups is 1. The number of hydrogen-bond donors (Lipinski definition) is 0. The summed E-state index contributed by atoms with van der Waals surface area (Å²) in [6, 6.07) is 0. The van der Waals surface area contributed by atoms with Crippen LogP contribution >= 0.6 is 15.9 Å². The summed E-state index contributed by atoms with van der Waals surface area (Å²) < 4.78 is 3.48. The third-order valence-corrected chi connectivity index (χ3v) is 6.19. The molecule has 0 aromatic rings. The molecule has 0 aromatic heterocycles. The van der Waals surface area contributed by atoms with Gasteiger partial charge in [0.05, 0.1) is 0 Å². The summed E-state index contributed by atoms with van der Waals surface area (Å²) in [7, 11) is 0. The molecule has 1 N–H and O–H groups in total. The fraction of sp³-hybridized carbons (Fsp3) is 0.286. The van der Waals surface area contributed by atoms with Crippen molar-refractivity contribution in [3.05, 3.63) is 16.8 Å². The zero-order chi connectivity index (χ0) is 9.72. The van der Waals surface area contributed by atoms with Crippen LogP contribution in [-0.4, -0.2) is 14.2 Å². The van der Waals surface area contributed by atoms with Gasteiger partial charge < -0.3 is 0 Å². The van der Waals surface area contributed by atoms with E-state index >= 15 is 0 Å². The Bertz CT molecular complexity index is 242. The standard InChI is InChI=1S/C7H7BrNO.3W/c1-3-6(7(9)10)4-5(2)8;;;/h1-2,6H,4H2,(H2,9,10);;;/q-1;;;/p-1. The summed E-state index contributed by atoms with van der Waals surface area (Å²) in [5.74, 6) is -0.892. The molecule has 0 radical (unpaired) electrons. The molecule has 6 heteroatoms. The third-order valence-electron chi connectivity index (χ3n) is 1.18. The van der Waals surface area contributed by atoms with Gasteiger partial charge in [-0.25, -0.2) is 0 Å². The topological polar surface area (TPSA) is 40.9 Å². The van der Waals surface area contributed by atoms with Crippen LogP contribution in [0, 0.1) is 12.5 Å². The number of rotatable bonds is 5. The van der Waals surface area contributed by atoms with E-state index in [0.717, 1.165) is 3.90 Å². The first-order chi connectivity index (χ1) is 5.49. The minimum atomic E-state index is -0.556. The van der Waals surface area contributed by atoms with E-state index in [-0.39, 0.29) is 27.0 Å². The van der Waals surface area contributed by atoms with Crippen molar-refractivity contribution in [2.45, 2.75) is 6.42 Å². The molecule has 0 spiro atoms. The molecular formula is C7H6BrNOW3-2. The Balaban J connectivity index is 0. The molecule has 0 rings (SSSR count). The number of halogens is 1. The van der Waals surface area contributed by atoms with E-state index in [1.54, 1.807) is 0 Å². The Morgan fingerprint density at radius 2 is 2.15 bits per heavy atom. The van der Waals surface area contributed by atoms with Gasteiger partial charge in [0.15, 0.2) is 0 Å². The van der Waals surface area contributed by atoms with Crippen molar-refractivity contribution in [1.29, 1.82) is 0 Å². The quantitative estimate of drug-likeness (QED) is 0.392. The molecule has 1 unspecified atom stereocenters. The van der Waals surface area contributed by atoms with Crippen LogP contribution in [0.2, 0.25) is 0 Å². The summed E-state index contributed by atoms with van der Waals surface area (Å²) in [6.07, 6.45) is 0.435. The molecule has 0 fully saturated rings. The molecule has 0 bridgehead atoms. The van der Waals surface area contributed by atoms with Gasteiger partial charge >= 0.3 is 103 Å². The van der Waals surface area contributed by atoms with E-state index in [1.165, 1.54) is 38.7 Å². The van der Waals surface area contributed by atoms with Gasteiger partial charge in [0.1, 0.15) is 0 Å². The van der Waals surface area contributed by atoms with Crippen LogP contribution in [-0.2, 0) is 64.6 Å². The Hall–Kier alpha value is 1.49. The van der Waals surface area contributed by atoms with Gasteiger partial charge in [-0.05, 0) is 0 Å². The average molecular weight is 752 g/mol. The largest absolute Gasteiger partial charge is 0 e. The van der Waals surface area contributed by atoms with Crippen molar-refractivity contribution in [3.63, 3.8) is 0 Å². The summed E-state index contributed by atoms with van der Waals surface area (Å²) in [5, 5.41) is 0. The maximum Gasteiger partial charge on any atom is 0 e. The molecular weight excluding hydrogens is 746 g/mol. The third kappa shape index (κ3) is 7.43. The first-order valence-electron chi connectivity index (χ1n) is 3.00. The zero-order valence-electron chi connectivity index (χ0n) is 6.45. The number of amides is 1. The van der Waals surface area contributed by atoms with E-state index in [1.807, 2.05) is 4.40 Å². The van der Waals surface area contributed by atoms with Crippen molar-refractivity contribution in [2.24, 2.45) is 5.92 Å². The first kappa shape index (κ1) is 16.9. The summed E-state index contributed by atoms with van der Waals surface area (Å²) in [6.45, 7) is 5.41. The normalized spacial score (nSPS) is 10.8. The molecule has 0 saturated heterocycles. The van der Waals surface area contributed by atoms with Crippen LogP contribution in [0.15, 0.2) is 4.48 Å². The number of hydrogen-bond acceptors (Lipinski definition) is 1. The van der Waals surface area contributed by atoms with Gasteiger partial charge in [0.25, 0.3) is 0 Å². The smallest absolute Gasteiger partial charge is 0 e. The number of nitrogens with one attached hydrogen (secondary N) is 1. The van der Waals surface area contributed by atoms with E-state index in [4.69, 9.17) is 12.3 Å². The Kier molecular flexibility index (Phi) is 11.4. The van der Waals surface area contributed by atoms with Gasteiger partial charge in [-0.2, -0.15) is 0 Å². The van der Waals surface area contributed by atoms with E-state index in [9.17, 15) is 4.79 Å². The van der Waals surface area contributed by atoms with E-state index in [2.05, 4.69) is 15.9 Å². The molecule has 1 atom stereocenters. The second-order valence-electron chi connectivity index (χ2n) is 2.09. The fourth-order valence-corrected chi connectivity index (χ4v) is 2.20. The van der Waals surface area contributed by atoms with Gasteiger partial charge in [-0.15, -0.1) is 0 Å². The van der Waals surface area contributed by atoms with Crippen LogP contribution < -0.4 is 0 Å². The zero-order valence-corrected chi connectivity index (χ0v) is 16.8. The van der Waals surface area contributed by atoms with Crippen LogP contribution in [0.1, 0.15) is 6.42 Å². The Morgan fingerprint density at radius 1 is 1.69 bits per heavy atom. The predicted molar refractivity (Wildman–Crippen MR) is 45.2 cm³/mol. The van der Waals surface area contributed by atoms with Gasteiger partial charge in [0.2, 0.25) is 0 Å². The Labute approximate surface area is 122 Å². The molecule has 2 nitrogen and oxygen atoms in total. The molecule has 0 aromatic carbocycles. The molecule has 0 aliphatic rings. The molecule has 0 aliphatic heterocycles. The minimum Gasteiger partial charge on any atom is 0 e. The van der Waals surface area contributed by atoms with Gasteiger partial charge in [-0.3, -0.25) is 0 Å². The molecule has 0 saturated carbocycles. The summed E-state index contributed by atoms with van der Waals surface area (Å²) >= 11 is 5.62. The van der Waals surface area contributed by atoms with Crippen molar-refractivity contribution in [1.82, 2.24) is 0 Å². The van der Waals surface area contributed by atoms with Crippen molar-refractivity contribution >= 4 is 30.1 Å². The first-order valence-corrected chi connectivity index (χ1v) is 6.95. The SMILES string of the molecule is [CH-]=C(Br)CC(C([NH-])=O)[C](=[W])[CH]=[W].[W]. The van der Waals surface area contributed by atoms with Crippen molar-refractivity contribution in [3.8, 4) is 0 Å². The number of allylic oxidation sites excluding steroid dienone is 1. The maximum absolute atomic E-state index is 10.8. The monoisotopic (exact) mass is 751 g/mol. The van der Waals surface area contributed by atoms with E-state index in [0.29, 0.717) is 10.9 Å². The van der Waals surface area contributed by atoms with Crippen LogP contribution in [0.25, 0.3) is 5.73 Å². The maximum atomic E-state index is 10.8. The number of carbonyl (C=O) groups excluding carboxylic acids is 1. The van der Waals surface area contributed by atoms with Crippen LogP contribution in [0.3, 0.4) is 0 Å². The van der Waals surface area contributed by atoms with Gasteiger partial charge in [0, 0.05) is 21.1 Å². The molecule has 13 heavy (non-hydrogen) atoms. The molecule has 0 aliphatic carbocycles. The minimum absolute atomic E-state index is 0. The van der Waals surface area contributed by atoms with E-state index < -0.39 is 5.91 Å². The van der Waals surface area contributed by atoms with Crippen molar-refractivity contribution in [2.75, 3.05) is 0 Å². The Morgan fingerprint density at radius 3 is 2.38 bits per heavy atom. The van der Waals surface area contributed by atoms with Crippen LogP contribution in [0.4, 0.5) is 0 Å².